The van der Waals surface area contributed by atoms with Gasteiger partial charge >= 0.3 is 17.6 Å². The first-order chi connectivity index (χ1) is 40.1. The summed E-state index contributed by atoms with van der Waals surface area (Å²) in [6.45, 7) is 0.691. The van der Waals surface area contributed by atoms with Crippen molar-refractivity contribution in [2.75, 3.05) is 26.9 Å². The molecule has 0 amide bonds. The molecule has 1 aromatic heterocycles. The van der Waals surface area contributed by atoms with E-state index < -0.39 is 47.9 Å². The van der Waals surface area contributed by atoms with Gasteiger partial charge in [-0.15, -0.1) is 0 Å². The summed E-state index contributed by atoms with van der Waals surface area (Å²) < 4.78 is 33.5. The monoisotopic (exact) mass is 1100 g/mol. The summed E-state index contributed by atoms with van der Waals surface area (Å²) in [5, 5.41) is 32.5. The summed E-state index contributed by atoms with van der Waals surface area (Å²) in [7, 11) is 1.52. The van der Waals surface area contributed by atoms with E-state index in [1.165, 1.54) is 47.8 Å². The Hall–Kier alpha value is -6.55. The number of hydrogen-bond acceptors (Lipinski definition) is 11. The first kappa shape index (κ1) is 54.7. The number of carbonyl (C=O) groups is 2. The first-order valence-corrected chi connectivity index (χ1v) is 30.5. The zero-order valence-corrected chi connectivity index (χ0v) is 47.4. The van der Waals surface area contributed by atoms with Gasteiger partial charge in [-0.1, -0.05) is 122 Å². The van der Waals surface area contributed by atoms with Crippen molar-refractivity contribution in [3.05, 3.63) is 174 Å². The summed E-state index contributed by atoms with van der Waals surface area (Å²) >= 11 is 0. The van der Waals surface area contributed by atoms with Crippen LogP contribution in [0.4, 0.5) is 0 Å². The lowest BCUT2D eigenvalue weighted by Crippen LogP contribution is -2.60. The minimum absolute atomic E-state index is 0.00822. The molecule has 13 rings (SSSR count). The Morgan fingerprint density at radius 2 is 1.66 bits per heavy atom. The Kier molecular flexibility index (Phi) is 15.0. The van der Waals surface area contributed by atoms with E-state index in [2.05, 4.69) is 96.8 Å². The van der Waals surface area contributed by atoms with Gasteiger partial charge in [-0.05, 0) is 157 Å². The summed E-state index contributed by atoms with van der Waals surface area (Å²) in [4.78, 5) is 45.8. The van der Waals surface area contributed by atoms with E-state index in [0.29, 0.717) is 58.9 Å². The van der Waals surface area contributed by atoms with E-state index in [1.807, 2.05) is 0 Å². The molecular formula is C71H76O11. The number of fused-ring (bicyclic) bond motifs is 11. The number of allylic oxidation sites excluding steroid dienone is 3. The van der Waals surface area contributed by atoms with Crippen molar-refractivity contribution >= 4 is 29.0 Å². The SMILES string of the molecule is COC[C@@H](CCO)c1c(CO)c2ccc3c(c2oc1=O)[C@H]1OC(=O)C[C@@H]2C[C@H](c4cccc5c4CC[C@@H]4CCC[C@H]6C=Cc7ccccc7[C@@]546)C=C[C@H]2c2ccc4cc2CC#CC[C@@](C2CCCCC2)(O3)[C@H]1OC(=O)/C(=C(/C)CO)CC4. The van der Waals surface area contributed by atoms with Gasteiger partial charge in [0, 0.05) is 72.2 Å². The fraction of sp³-hybridized carbons (Fsp3) is 0.479. The largest absolute Gasteiger partial charge is 0.481 e. The molecule has 0 radical (unpaired) electrons. The van der Waals surface area contributed by atoms with Crippen molar-refractivity contribution < 1.29 is 48.3 Å². The smallest absolute Gasteiger partial charge is 0.340 e. The summed E-state index contributed by atoms with van der Waals surface area (Å²) in [6, 6.07) is 26.2. The molecule has 1 spiro atoms. The van der Waals surface area contributed by atoms with Crippen LogP contribution >= 0.6 is 0 Å². The van der Waals surface area contributed by atoms with Crippen molar-refractivity contribution in [3.63, 3.8) is 0 Å². The Bertz CT molecular complexity index is 3540. The Morgan fingerprint density at radius 3 is 2.49 bits per heavy atom. The summed E-state index contributed by atoms with van der Waals surface area (Å²) in [6.07, 6.45) is 19.3. The third-order valence-corrected chi connectivity index (χ3v) is 20.8. The predicted molar refractivity (Wildman–Crippen MR) is 313 cm³/mol. The van der Waals surface area contributed by atoms with Gasteiger partial charge in [-0.2, -0.15) is 0 Å². The van der Waals surface area contributed by atoms with Crippen LogP contribution in [0, 0.1) is 35.5 Å². The van der Waals surface area contributed by atoms with Crippen LogP contribution in [0.2, 0.25) is 0 Å². The van der Waals surface area contributed by atoms with Gasteiger partial charge in [0.2, 0.25) is 0 Å². The average molecular weight is 1110 g/mol. The normalized spacial score (nSPS) is 29.4. The lowest BCUT2D eigenvalue weighted by Gasteiger charge is -2.55. The highest BCUT2D eigenvalue weighted by Crippen LogP contribution is 2.61. The van der Waals surface area contributed by atoms with Crippen LogP contribution < -0.4 is 10.4 Å². The van der Waals surface area contributed by atoms with Crippen molar-refractivity contribution in [1.82, 2.24) is 0 Å². The van der Waals surface area contributed by atoms with Gasteiger partial charge in [-0.3, -0.25) is 4.79 Å². The maximum atomic E-state index is 15.8. The molecule has 8 aliphatic rings. The molecule has 10 atom stereocenters. The highest BCUT2D eigenvalue weighted by molar-refractivity contribution is 5.90. The fourth-order valence-electron chi connectivity index (χ4n) is 17.1. The molecule has 3 N–H and O–H groups in total. The highest BCUT2D eigenvalue weighted by Gasteiger charge is 2.60. The quantitative estimate of drug-likeness (QED) is 0.0423. The van der Waals surface area contributed by atoms with Crippen LogP contribution in [0.5, 0.6) is 5.75 Å². The van der Waals surface area contributed by atoms with Crippen LogP contribution in [0.3, 0.4) is 0 Å². The molecule has 4 heterocycles. The van der Waals surface area contributed by atoms with Crippen LogP contribution in [0.15, 0.2) is 111 Å². The molecular weight excluding hydrogens is 1030 g/mol. The van der Waals surface area contributed by atoms with Crippen molar-refractivity contribution in [3.8, 4) is 17.6 Å². The number of rotatable bonds is 9. The third kappa shape index (κ3) is 9.13. The van der Waals surface area contributed by atoms with E-state index in [9.17, 15) is 20.1 Å². The predicted octanol–water partition coefficient (Wildman–Crippen LogP) is 12.0. The molecule has 3 aliphatic heterocycles. The van der Waals surface area contributed by atoms with Crippen LogP contribution in [0.25, 0.3) is 17.0 Å². The lowest BCUT2D eigenvalue weighted by atomic mass is 9.48. The second-order valence-electron chi connectivity index (χ2n) is 24.9. The molecule has 5 bridgehead atoms. The molecule has 426 valence electrons. The number of hydrogen-bond donors (Lipinski definition) is 3. The summed E-state index contributed by atoms with van der Waals surface area (Å²) in [5.41, 5.74) is 9.60. The third-order valence-electron chi connectivity index (χ3n) is 20.8. The highest BCUT2D eigenvalue weighted by atomic mass is 16.6. The number of aliphatic hydroxyl groups is 3. The van der Waals surface area contributed by atoms with Gasteiger partial charge in [0.1, 0.15) is 11.3 Å². The Labute approximate surface area is 480 Å². The zero-order valence-electron chi connectivity index (χ0n) is 47.4. The Morgan fingerprint density at radius 1 is 0.817 bits per heavy atom. The van der Waals surface area contributed by atoms with Crippen molar-refractivity contribution in [2.45, 2.75) is 164 Å². The lowest BCUT2D eigenvalue weighted by molar-refractivity contribution is -0.204. The maximum Gasteiger partial charge on any atom is 0.340 e. The molecule has 5 aliphatic carbocycles. The number of esters is 2. The van der Waals surface area contributed by atoms with Crippen LogP contribution in [-0.2, 0) is 55.1 Å². The molecule has 82 heavy (non-hydrogen) atoms. The molecule has 4 aromatic carbocycles. The molecule has 0 saturated heterocycles. The molecule has 11 nitrogen and oxygen atoms in total. The van der Waals surface area contributed by atoms with Gasteiger partial charge < -0.3 is 38.7 Å². The second kappa shape index (κ2) is 22.6. The van der Waals surface area contributed by atoms with Crippen molar-refractivity contribution in [1.29, 1.82) is 0 Å². The molecule has 11 heteroatoms. The number of aliphatic hydroxyl groups excluding tert-OH is 3. The van der Waals surface area contributed by atoms with Crippen molar-refractivity contribution in [2.24, 2.45) is 23.7 Å². The molecule has 2 fully saturated rings. The number of ether oxygens (including phenoxy) is 4. The maximum absolute atomic E-state index is 15.8. The van der Waals surface area contributed by atoms with Gasteiger partial charge in [0.15, 0.2) is 17.8 Å². The van der Waals surface area contributed by atoms with Gasteiger partial charge in [0.05, 0.1) is 31.8 Å². The number of benzene rings is 4. The van der Waals surface area contributed by atoms with Crippen LogP contribution in [-0.4, -0.2) is 65.9 Å². The first-order valence-electron chi connectivity index (χ1n) is 30.5. The number of carbonyl (C=O) groups excluding carboxylic acids is 2. The van der Waals surface area contributed by atoms with E-state index >= 15 is 9.59 Å². The topological polar surface area (TPSA) is 162 Å². The second-order valence-corrected chi connectivity index (χ2v) is 24.9. The average Bonchev–Trinajstić information content (AvgIpc) is 1.90. The van der Waals surface area contributed by atoms with Crippen LogP contribution in [0.1, 0.15) is 182 Å². The molecule has 5 aromatic rings. The zero-order chi connectivity index (χ0) is 56.3. The standard InChI is InChI=1S/C71H76O11/c1-42(39-73)52-27-21-43-22-28-54-45(36-43)13-8-9-34-70(49-14-4-3-5-15-49)67(81-68(52)76)66(64-61(82-70)32-31-57-58(40-74)63(69(77)80-65(57)64)47(33-35-72)41-78-2)79-62(75)38-48-37-46(24-29-55(48)54)53-18-11-20-60-56(53)30-26-51-17-10-16-50-25-23-44-12-6-7-19-59(44)71(50,51)60/h6-7,11-12,18-20,22-25,28-29,31-32,36,46-51,55,66-67,72-74H,3-5,10,13-17,21,26-27,30,33-35,37-41H2,1-2H3/b52-42-/t46-,47-,48+,50+,51+,55-,66-,67+,70+,71+/m1/s1. The minimum atomic E-state index is -1.36. The number of aryl methyl sites for hydroxylation is 1. The van der Waals surface area contributed by atoms with E-state index in [0.717, 1.165) is 68.1 Å². The van der Waals surface area contributed by atoms with E-state index in [4.69, 9.17) is 23.4 Å². The molecule has 2 saturated carbocycles. The number of methoxy groups -OCH3 is 1. The van der Waals surface area contributed by atoms with E-state index in [-0.39, 0.29) is 91.3 Å². The molecule has 0 unspecified atom stereocenters. The Balaban J connectivity index is 0.993. The fourth-order valence-corrected chi connectivity index (χ4v) is 17.1. The van der Waals surface area contributed by atoms with Gasteiger partial charge in [0.25, 0.3) is 0 Å². The minimum Gasteiger partial charge on any atom is -0.481 e. The van der Waals surface area contributed by atoms with E-state index in [1.54, 1.807) is 19.1 Å². The van der Waals surface area contributed by atoms with Gasteiger partial charge in [-0.25, -0.2) is 9.59 Å². The summed E-state index contributed by atoms with van der Waals surface area (Å²) in [5.74, 6) is 6.13.